The fraction of sp³-hybridized carbons (Fsp3) is 0.282. The first kappa shape index (κ1) is 32.7. The van der Waals surface area contributed by atoms with Gasteiger partial charge in [0.25, 0.3) is 0 Å². The number of carbonyl (C=O) groups is 2. The van der Waals surface area contributed by atoms with Crippen LogP contribution in [0.15, 0.2) is 97.1 Å². The molecular weight excluding hydrogens is 560 g/mol. The van der Waals surface area contributed by atoms with E-state index in [1.165, 1.54) is 0 Å². The van der Waals surface area contributed by atoms with Crippen molar-refractivity contribution >= 4 is 11.9 Å². The maximum Gasteiger partial charge on any atom is 0.318 e. The normalized spacial score (nSPS) is 11.2. The van der Waals surface area contributed by atoms with Crippen LogP contribution in [0.5, 0.6) is 0 Å². The summed E-state index contributed by atoms with van der Waals surface area (Å²) in [5, 5.41) is 19.0. The average molecular weight is 599 g/mol. The smallest absolute Gasteiger partial charge is 0.318 e. The Morgan fingerprint density at radius 2 is 0.889 bits per heavy atom. The molecule has 0 aromatic heterocycles. The van der Waals surface area contributed by atoms with Gasteiger partial charge in [-0.1, -0.05) is 113 Å². The predicted octanol–water partition coefficient (Wildman–Crippen LogP) is 8.97. The van der Waals surface area contributed by atoms with E-state index in [9.17, 15) is 20.1 Å². The lowest BCUT2D eigenvalue weighted by atomic mass is 9.86. The molecule has 0 heterocycles. The first-order valence-corrected chi connectivity index (χ1v) is 15.4. The molecule has 0 fully saturated rings. The molecule has 6 nitrogen and oxygen atoms in total. The number of hydrogen-bond acceptors (Lipinski definition) is 6. The Labute approximate surface area is 265 Å². The van der Waals surface area contributed by atoms with Crippen molar-refractivity contribution in [1.29, 1.82) is 10.5 Å². The second-order valence-electron chi connectivity index (χ2n) is 11.0. The molecule has 6 heteroatoms. The number of esters is 2. The highest BCUT2D eigenvalue weighted by atomic mass is 16.6. The molecule has 0 saturated carbocycles. The monoisotopic (exact) mass is 598 g/mol. The van der Waals surface area contributed by atoms with Gasteiger partial charge in [0.2, 0.25) is 0 Å². The van der Waals surface area contributed by atoms with Crippen LogP contribution in [0.1, 0.15) is 82.1 Å². The number of nitrogens with zero attached hydrogens (tertiary/aromatic N) is 2. The fourth-order valence-corrected chi connectivity index (χ4v) is 5.92. The van der Waals surface area contributed by atoms with Crippen molar-refractivity contribution in [2.24, 2.45) is 0 Å². The zero-order valence-electron chi connectivity index (χ0n) is 26.3. The first-order chi connectivity index (χ1) is 21.8. The molecule has 45 heavy (non-hydrogen) atoms. The number of rotatable bonds is 12. The third-order valence-electron chi connectivity index (χ3n) is 8.73. The van der Waals surface area contributed by atoms with Gasteiger partial charge in [-0.25, -0.2) is 0 Å². The third kappa shape index (κ3) is 6.97. The van der Waals surface area contributed by atoms with E-state index < -0.39 is 29.6 Å². The van der Waals surface area contributed by atoms with E-state index >= 15 is 0 Å². The summed E-state index contributed by atoms with van der Waals surface area (Å²) in [7, 11) is 0. The van der Waals surface area contributed by atoms with E-state index in [1.54, 1.807) is 12.1 Å². The summed E-state index contributed by atoms with van der Waals surface area (Å²) in [6.07, 6.45) is 1.58. The molecule has 0 aliphatic carbocycles. The molecule has 228 valence electrons. The van der Waals surface area contributed by atoms with Crippen LogP contribution in [0.4, 0.5) is 0 Å². The quantitative estimate of drug-likeness (QED) is 0.119. The molecule has 0 saturated heterocycles. The summed E-state index contributed by atoms with van der Waals surface area (Å²) in [6.45, 7) is 7.80. The van der Waals surface area contributed by atoms with E-state index in [4.69, 9.17) is 9.47 Å². The SMILES string of the molecule is CCC(CC)(OC(=O)CC(=O)OC(CC)(CC)c1ccc(-c2ccccc2C#N)cc1)c1ccc(-c2ccccc2C#N)cc1. The van der Waals surface area contributed by atoms with Gasteiger partial charge in [0.05, 0.1) is 23.3 Å². The maximum absolute atomic E-state index is 13.2. The molecule has 4 aromatic rings. The summed E-state index contributed by atoms with van der Waals surface area (Å²) in [6, 6.07) is 34.6. The van der Waals surface area contributed by atoms with Crippen molar-refractivity contribution in [3.8, 4) is 34.4 Å². The fourth-order valence-electron chi connectivity index (χ4n) is 5.92. The Kier molecular flexibility index (Phi) is 10.6. The van der Waals surface area contributed by atoms with Crippen molar-refractivity contribution in [3.63, 3.8) is 0 Å². The van der Waals surface area contributed by atoms with Crippen molar-refractivity contribution in [1.82, 2.24) is 0 Å². The molecule has 4 aromatic carbocycles. The van der Waals surface area contributed by atoms with E-state index in [-0.39, 0.29) is 0 Å². The van der Waals surface area contributed by atoms with Gasteiger partial charge in [0.1, 0.15) is 17.6 Å². The average Bonchev–Trinajstić information content (AvgIpc) is 3.09. The van der Waals surface area contributed by atoms with Crippen LogP contribution >= 0.6 is 0 Å². The van der Waals surface area contributed by atoms with Crippen LogP contribution in [0, 0.1) is 22.7 Å². The number of hydrogen-bond donors (Lipinski definition) is 0. The molecule has 4 rings (SSSR count). The largest absolute Gasteiger partial charge is 0.454 e. The topological polar surface area (TPSA) is 100 Å². The number of carbonyl (C=O) groups excluding carboxylic acids is 2. The van der Waals surface area contributed by atoms with Crippen LogP contribution in [-0.2, 0) is 30.3 Å². The van der Waals surface area contributed by atoms with Crippen molar-refractivity contribution in [3.05, 3.63) is 119 Å². The number of nitriles is 2. The Hall–Kier alpha value is -5.20. The molecule has 0 N–H and O–H groups in total. The molecule has 0 atom stereocenters. The van der Waals surface area contributed by atoms with Crippen LogP contribution in [0.2, 0.25) is 0 Å². The molecule has 0 aliphatic heterocycles. The Balaban J connectivity index is 1.49. The van der Waals surface area contributed by atoms with E-state index in [0.717, 1.165) is 33.4 Å². The highest BCUT2D eigenvalue weighted by Crippen LogP contribution is 2.37. The number of benzene rings is 4. The summed E-state index contributed by atoms with van der Waals surface area (Å²) >= 11 is 0. The zero-order chi connectivity index (χ0) is 32.5. The lowest BCUT2D eigenvalue weighted by molar-refractivity contribution is -0.174. The van der Waals surface area contributed by atoms with Gasteiger partial charge >= 0.3 is 11.9 Å². The minimum Gasteiger partial charge on any atom is -0.454 e. The third-order valence-corrected chi connectivity index (χ3v) is 8.73. The lowest BCUT2D eigenvalue weighted by Crippen LogP contribution is -2.35. The van der Waals surface area contributed by atoms with Crippen LogP contribution in [0.3, 0.4) is 0 Å². The molecule has 0 amide bonds. The Bertz CT molecular complexity index is 1590. The van der Waals surface area contributed by atoms with Gasteiger partial charge in [-0.3, -0.25) is 9.59 Å². The highest BCUT2D eigenvalue weighted by molar-refractivity contribution is 5.91. The maximum atomic E-state index is 13.2. The zero-order valence-corrected chi connectivity index (χ0v) is 26.3. The second-order valence-corrected chi connectivity index (χ2v) is 11.0. The summed E-state index contributed by atoms with van der Waals surface area (Å²) in [4.78, 5) is 26.4. The van der Waals surface area contributed by atoms with Crippen molar-refractivity contribution < 1.29 is 19.1 Å². The lowest BCUT2D eigenvalue weighted by Gasteiger charge is -2.34. The molecule has 0 spiro atoms. The van der Waals surface area contributed by atoms with Gasteiger partial charge < -0.3 is 9.47 Å². The van der Waals surface area contributed by atoms with Crippen molar-refractivity contribution in [2.75, 3.05) is 0 Å². The van der Waals surface area contributed by atoms with E-state index in [0.29, 0.717) is 36.8 Å². The minimum absolute atomic E-state index is 0.509. The Morgan fingerprint density at radius 1 is 0.556 bits per heavy atom. The molecule has 0 radical (unpaired) electrons. The highest BCUT2D eigenvalue weighted by Gasteiger charge is 2.36. The minimum atomic E-state index is -0.910. The summed E-state index contributed by atoms with van der Waals surface area (Å²) in [5.74, 6) is -1.29. The van der Waals surface area contributed by atoms with Crippen LogP contribution in [-0.4, -0.2) is 11.9 Å². The van der Waals surface area contributed by atoms with Gasteiger partial charge in [-0.2, -0.15) is 10.5 Å². The van der Waals surface area contributed by atoms with Crippen LogP contribution in [0.25, 0.3) is 22.3 Å². The van der Waals surface area contributed by atoms with E-state index in [1.807, 2.05) is 113 Å². The Morgan fingerprint density at radius 3 is 1.20 bits per heavy atom. The van der Waals surface area contributed by atoms with E-state index in [2.05, 4.69) is 12.1 Å². The van der Waals surface area contributed by atoms with Gasteiger partial charge in [-0.15, -0.1) is 0 Å². The molecular formula is C39H38N2O4. The molecule has 0 bridgehead atoms. The van der Waals surface area contributed by atoms with Crippen LogP contribution < -0.4 is 0 Å². The van der Waals surface area contributed by atoms with Gasteiger partial charge in [0, 0.05) is 0 Å². The van der Waals surface area contributed by atoms with Gasteiger partial charge in [-0.05, 0) is 71.2 Å². The molecule has 0 aliphatic rings. The predicted molar refractivity (Wildman–Crippen MR) is 175 cm³/mol. The standard InChI is InChI=1S/C39H38N2O4/c1-5-38(6-2,32-21-17-28(18-22-32)34-15-11-9-13-30(34)26-40)44-36(42)25-37(43)45-39(7-3,8-4)33-23-19-29(20-24-33)35-16-12-10-14-31(35)27-41/h9-24H,5-8,25H2,1-4H3. The van der Waals surface area contributed by atoms with Gasteiger partial charge in [0.15, 0.2) is 0 Å². The second kappa shape index (κ2) is 14.5. The summed E-state index contributed by atoms with van der Waals surface area (Å²) < 4.78 is 12.1. The first-order valence-electron chi connectivity index (χ1n) is 15.4. The molecule has 0 unspecified atom stereocenters. The van der Waals surface area contributed by atoms with Crippen molar-refractivity contribution in [2.45, 2.75) is 71.0 Å². The number of ether oxygens (including phenoxy) is 2. The summed E-state index contributed by atoms with van der Waals surface area (Å²) in [5.41, 5.74) is 4.45.